The van der Waals surface area contributed by atoms with Gasteiger partial charge in [0.15, 0.2) is 0 Å². The number of carbonyl (C=O) groups excluding carboxylic acids is 1. The van der Waals surface area contributed by atoms with Crippen LogP contribution in [0, 0.1) is 0 Å². The van der Waals surface area contributed by atoms with Crippen molar-refractivity contribution in [3.63, 3.8) is 0 Å². The molecule has 0 aromatic heterocycles. The first-order valence-electron chi connectivity index (χ1n) is 8.24. The van der Waals surface area contributed by atoms with Crippen LogP contribution in [-0.4, -0.2) is 40.7 Å². The zero-order chi connectivity index (χ0) is 19.4. The molecule has 27 heavy (non-hydrogen) atoms. The molecule has 0 bridgehead atoms. The second-order valence-corrected chi connectivity index (χ2v) is 8.63. The summed E-state index contributed by atoms with van der Waals surface area (Å²) in [5.41, 5.74) is 0.714. The molecular formula is C18H19BrN2O5S. The molecule has 7 nitrogen and oxygen atoms in total. The number of benzene rings is 2. The van der Waals surface area contributed by atoms with Crippen molar-refractivity contribution in [2.24, 2.45) is 0 Å². The first-order chi connectivity index (χ1) is 12.9. The zero-order valence-corrected chi connectivity index (χ0v) is 17.0. The lowest BCUT2D eigenvalue weighted by Crippen LogP contribution is -2.35. The van der Waals surface area contributed by atoms with Gasteiger partial charge in [0.2, 0.25) is 10.0 Å². The van der Waals surface area contributed by atoms with Gasteiger partial charge in [0.25, 0.3) is 5.91 Å². The normalized spacial score (nSPS) is 16.9. The van der Waals surface area contributed by atoms with E-state index in [1.54, 1.807) is 24.3 Å². The third kappa shape index (κ3) is 4.86. The van der Waals surface area contributed by atoms with E-state index < -0.39 is 15.9 Å². The summed E-state index contributed by atoms with van der Waals surface area (Å²) in [6, 6.07) is 11.0. The second kappa shape index (κ2) is 8.39. The Hall–Kier alpha value is -1.94. The maximum atomic E-state index is 12.7. The minimum atomic E-state index is -3.77. The number of carbonyl (C=O) groups is 1. The molecule has 144 valence electrons. The molecule has 1 aliphatic heterocycles. The molecule has 0 aliphatic carbocycles. The van der Waals surface area contributed by atoms with Gasteiger partial charge in [0, 0.05) is 22.8 Å². The molecule has 2 aromatic carbocycles. The Kier molecular flexibility index (Phi) is 6.15. The molecule has 0 spiro atoms. The minimum absolute atomic E-state index is 0.00356. The van der Waals surface area contributed by atoms with E-state index in [1.165, 1.54) is 25.3 Å². The van der Waals surface area contributed by atoms with E-state index >= 15 is 0 Å². The molecule has 1 unspecified atom stereocenters. The van der Waals surface area contributed by atoms with E-state index in [0.29, 0.717) is 25.3 Å². The van der Waals surface area contributed by atoms with Crippen LogP contribution in [-0.2, 0) is 14.8 Å². The summed E-state index contributed by atoms with van der Waals surface area (Å²) in [4.78, 5) is 12.7. The Balaban J connectivity index is 1.86. The number of ether oxygens (including phenoxy) is 2. The van der Waals surface area contributed by atoms with Crippen LogP contribution >= 0.6 is 15.9 Å². The van der Waals surface area contributed by atoms with Crippen LogP contribution in [0.5, 0.6) is 5.75 Å². The highest BCUT2D eigenvalue weighted by molar-refractivity contribution is 9.10. The lowest BCUT2D eigenvalue weighted by molar-refractivity contribution is 0.102. The minimum Gasteiger partial charge on any atom is -0.496 e. The van der Waals surface area contributed by atoms with E-state index in [0.717, 1.165) is 4.47 Å². The molecule has 1 fully saturated rings. The standard InChI is InChI=1S/C18H19BrN2O5S/c1-25-17-7-6-15(27(23,24)21-14-8-9-26-11-14)10-16(17)18(22)20-13-4-2-12(19)3-5-13/h2-7,10,14,21H,8-9,11H2,1H3,(H,20,22). The fourth-order valence-electron chi connectivity index (χ4n) is 2.68. The quantitative estimate of drug-likeness (QED) is 0.699. The third-order valence-corrected chi connectivity index (χ3v) is 6.13. The van der Waals surface area contributed by atoms with Gasteiger partial charge in [-0.05, 0) is 48.9 Å². The highest BCUT2D eigenvalue weighted by atomic mass is 79.9. The van der Waals surface area contributed by atoms with Gasteiger partial charge in [0.05, 0.1) is 24.2 Å². The summed E-state index contributed by atoms with van der Waals surface area (Å²) in [5, 5.41) is 2.74. The smallest absolute Gasteiger partial charge is 0.259 e. The molecule has 3 rings (SSSR count). The molecule has 9 heteroatoms. The van der Waals surface area contributed by atoms with Crippen LogP contribution in [0.25, 0.3) is 0 Å². The number of sulfonamides is 1. The van der Waals surface area contributed by atoms with E-state index in [-0.39, 0.29) is 22.3 Å². The number of rotatable bonds is 6. The van der Waals surface area contributed by atoms with Crippen molar-refractivity contribution < 1.29 is 22.7 Å². The predicted molar refractivity (Wildman–Crippen MR) is 105 cm³/mol. The third-order valence-electron chi connectivity index (χ3n) is 4.08. The summed E-state index contributed by atoms with van der Waals surface area (Å²) in [6.07, 6.45) is 0.617. The number of amides is 1. The largest absolute Gasteiger partial charge is 0.496 e. The molecule has 1 amide bonds. The number of methoxy groups -OCH3 is 1. The van der Waals surface area contributed by atoms with Crippen molar-refractivity contribution in [2.75, 3.05) is 25.6 Å². The van der Waals surface area contributed by atoms with Crippen LogP contribution < -0.4 is 14.8 Å². The van der Waals surface area contributed by atoms with Crippen molar-refractivity contribution in [1.29, 1.82) is 0 Å². The molecular weight excluding hydrogens is 436 g/mol. The summed E-state index contributed by atoms with van der Waals surface area (Å²) in [6.45, 7) is 0.864. The van der Waals surface area contributed by atoms with E-state index in [1.807, 2.05) is 0 Å². The van der Waals surface area contributed by atoms with Crippen molar-refractivity contribution in [3.05, 3.63) is 52.5 Å². The second-order valence-electron chi connectivity index (χ2n) is 6.00. The van der Waals surface area contributed by atoms with E-state index in [4.69, 9.17) is 9.47 Å². The molecule has 2 N–H and O–H groups in total. The topological polar surface area (TPSA) is 93.7 Å². The highest BCUT2D eigenvalue weighted by Gasteiger charge is 2.25. The monoisotopic (exact) mass is 454 g/mol. The van der Waals surface area contributed by atoms with Gasteiger partial charge in [-0.3, -0.25) is 4.79 Å². The molecule has 1 atom stereocenters. The molecule has 0 radical (unpaired) electrons. The summed E-state index contributed by atoms with van der Waals surface area (Å²) in [7, 11) is -2.35. The van der Waals surface area contributed by atoms with Gasteiger partial charge in [0.1, 0.15) is 5.75 Å². The Labute approximate surface area is 166 Å². The molecule has 1 aliphatic rings. The first kappa shape index (κ1) is 19.8. The Morgan fingerprint density at radius 2 is 1.96 bits per heavy atom. The summed E-state index contributed by atoms with van der Waals surface area (Å²) in [5.74, 6) is -0.178. The fraction of sp³-hybridized carbons (Fsp3) is 0.278. The van der Waals surface area contributed by atoms with Gasteiger partial charge in [-0.15, -0.1) is 0 Å². The van der Waals surface area contributed by atoms with Gasteiger partial charge < -0.3 is 14.8 Å². The van der Waals surface area contributed by atoms with Crippen LogP contribution in [0.15, 0.2) is 51.8 Å². The lowest BCUT2D eigenvalue weighted by Gasteiger charge is -2.14. The molecule has 2 aromatic rings. The van der Waals surface area contributed by atoms with Crippen LogP contribution in [0.1, 0.15) is 16.8 Å². The summed E-state index contributed by atoms with van der Waals surface area (Å²) >= 11 is 3.33. The number of anilines is 1. The molecule has 1 saturated heterocycles. The Morgan fingerprint density at radius 1 is 1.22 bits per heavy atom. The summed E-state index contributed by atoms with van der Waals surface area (Å²) < 4.78 is 39.1. The maximum Gasteiger partial charge on any atom is 0.259 e. The number of halogens is 1. The average Bonchev–Trinajstić information content (AvgIpc) is 3.15. The van der Waals surface area contributed by atoms with Gasteiger partial charge in [-0.2, -0.15) is 0 Å². The number of nitrogens with one attached hydrogen (secondary N) is 2. The van der Waals surface area contributed by atoms with Crippen LogP contribution in [0.2, 0.25) is 0 Å². The van der Waals surface area contributed by atoms with E-state index in [2.05, 4.69) is 26.0 Å². The van der Waals surface area contributed by atoms with E-state index in [9.17, 15) is 13.2 Å². The average molecular weight is 455 g/mol. The first-order valence-corrected chi connectivity index (χ1v) is 10.5. The zero-order valence-electron chi connectivity index (χ0n) is 14.6. The SMILES string of the molecule is COc1ccc(S(=O)(=O)NC2CCOC2)cc1C(=O)Nc1ccc(Br)cc1. The van der Waals surface area contributed by atoms with Crippen molar-refractivity contribution in [2.45, 2.75) is 17.4 Å². The Morgan fingerprint density at radius 3 is 2.59 bits per heavy atom. The van der Waals surface area contributed by atoms with Crippen LogP contribution in [0.3, 0.4) is 0 Å². The number of hydrogen-bond acceptors (Lipinski definition) is 5. The molecule has 0 saturated carbocycles. The predicted octanol–water partition coefficient (Wildman–Crippen LogP) is 2.78. The highest BCUT2D eigenvalue weighted by Crippen LogP contribution is 2.24. The van der Waals surface area contributed by atoms with Gasteiger partial charge in [-0.25, -0.2) is 13.1 Å². The molecule has 1 heterocycles. The van der Waals surface area contributed by atoms with Crippen LogP contribution in [0.4, 0.5) is 5.69 Å². The maximum absolute atomic E-state index is 12.7. The van der Waals surface area contributed by atoms with Gasteiger partial charge >= 0.3 is 0 Å². The van der Waals surface area contributed by atoms with Crippen molar-refractivity contribution >= 4 is 37.5 Å². The van der Waals surface area contributed by atoms with Crippen molar-refractivity contribution in [3.8, 4) is 5.75 Å². The van der Waals surface area contributed by atoms with Gasteiger partial charge in [-0.1, -0.05) is 15.9 Å². The lowest BCUT2D eigenvalue weighted by atomic mass is 10.2. The van der Waals surface area contributed by atoms with Crippen molar-refractivity contribution in [1.82, 2.24) is 4.72 Å². The number of hydrogen-bond donors (Lipinski definition) is 2. The fourth-order valence-corrected chi connectivity index (χ4v) is 4.22. The Bertz CT molecular complexity index is 925.